The molecular formula is C9H13NOS2. The van der Waals surface area contributed by atoms with Crippen LogP contribution in [0.4, 0.5) is 0 Å². The maximum Gasteiger partial charge on any atom is 0.130 e. The van der Waals surface area contributed by atoms with Crippen LogP contribution in [0.15, 0.2) is 5.57 Å². The van der Waals surface area contributed by atoms with Gasteiger partial charge in [-0.2, -0.15) is 0 Å². The number of rotatable bonds is 3. The van der Waals surface area contributed by atoms with Crippen molar-refractivity contribution in [2.24, 2.45) is 5.92 Å². The van der Waals surface area contributed by atoms with Crippen molar-refractivity contribution in [2.75, 3.05) is 18.8 Å². The monoisotopic (exact) mass is 215 g/mol. The number of hydrogen-bond donors (Lipinski definition) is 1. The van der Waals surface area contributed by atoms with Gasteiger partial charge in [0.05, 0.1) is 9.77 Å². The van der Waals surface area contributed by atoms with Gasteiger partial charge in [-0.1, -0.05) is 19.1 Å². The molecule has 1 atom stereocenters. The zero-order chi connectivity index (χ0) is 9.68. The van der Waals surface area contributed by atoms with Gasteiger partial charge in [-0.05, 0) is 18.7 Å². The van der Waals surface area contributed by atoms with Gasteiger partial charge in [0.1, 0.15) is 5.94 Å². The minimum Gasteiger partial charge on any atom is -0.316 e. The molecular weight excluding hydrogens is 202 g/mol. The standard InChI is InChI=1S/C9H13NOS2/c1-2-13-9(12)8(6-11)7-3-4-10-5-7/h7,10H,2-5H2,1H3. The minimum atomic E-state index is 0.295. The van der Waals surface area contributed by atoms with Crippen LogP contribution in [0.3, 0.4) is 0 Å². The molecule has 1 unspecified atom stereocenters. The number of nitrogens with one attached hydrogen (secondary N) is 1. The average Bonchev–Trinajstić information content (AvgIpc) is 2.59. The molecule has 0 saturated carbocycles. The van der Waals surface area contributed by atoms with E-state index < -0.39 is 0 Å². The van der Waals surface area contributed by atoms with Gasteiger partial charge in [-0.15, -0.1) is 11.8 Å². The predicted molar refractivity (Wildman–Crippen MR) is 60.9 cm³/mol. The molecule has 13 heavy (non-hydrogen) atoms. The van der Waals surface area contributed by atoms with E-state index in [2.05, 4.69) is 5.32 Å². The highest BCUT2D eigenvalue weighted by Gasteiger charge is 2.22. The van der Waals surface area contributed by atoms with Crippen molar-refractivity contribution in [1.29, 1.82) is 0 Å². The molecule has 1 rings (SSSR count). The first kappa shape index (κ1) is 10.9. The fourth-order valence-corrected chi connectivity index (χ4v) is 2.59. The van der Waals surface area contributed by atoms with Gasteiger partial charge in [-0.25, -0.2) is 4.79 Å². The predicted octanol–water partition coefficient (Wildman–Crippen LogP) is 1.43. The summed E-state index contributed by atoms with van der Waals surface area (Å²) >= 11 is 6.70. The van der Waals surface area contributed by atoms with Gasteiger partial charge >= 0.3 is 0 Å². The van der Waals surface area contributed by atoms with Crippen LogP contribution in [0.5, 0.6) is 0 Å². The van der Waals surface area contributed by atoms with Crippen molar-refractivity contribution in [3.63, 3.8) is 0 Å². The number of thiocarbonyl (C=S) groups is 1. The third-order valence-corrected chi connectivity index (χ3v) is 3.42. The topological polar surface area (TPSA) is 29.1 Å². The summed E-state index contributed by atoms with van der Waals surface area (Å²) in [5.74, 6) is 3.21. The molecule has 1 aliphatic heterocycles. The fraction of sp³-hybridized carbons (Fsp3) is 0.667. The third-order valence-electron chi connectivity index (χ3n) is 2.07. The molecule has 1 N–H and O–H groups in total. The van der Waals surface area contributed by atoms with Crippen molar-refractivity contribution >= 4 is 34.1 Å². The summed E-state index contributed by atoms with van der Waals surface area (Å²) in [6.07, 6.45) is 1.01. The Labute approximate surface area is 88.2 Å². The molecule has 0 aromatic heterocycles. The van der Waals surface area contributed by atoms with Crippen LogP contribution in [0, 0.1) is 5.92 Å². The first-order valence-electron chi connectivity index (χ1n) is 4.42. The van der Waals surface area contributed by atoms with Gasteiger partial charge in [0.25, 0.3) is 0 Å². The summed E-state index contributed by atoms with van der Waals surface area (Å²) in [5, 5.41) is 3.22. The molecule has 0 spiro atoms. The van der Waals surface area contributed by atoms with Crippen LogP contribution in [-0.4, -0.2) is 29.0 Å². The van der Waals surface area contributed by atoms with Gasteiger partial charge in [-0.3, -0.25) is 0 Å². The molecule has 1 aliphatic rings. The molecule has 0 aliphatic carbocycles. The maximum atomic E-state index is 10.7. The Hall–Kier alpha value is -0.150. The molecule has 0 aromatic carbocycles. The molecule has 4 heteroatoms. The van der Waals surface area contributed by atoms with Crippen LogP contribution < -0.4 is 5.32 Å². The Morgan fingerprint density at radius 2 is 2.54 bits per heavy atom. The molecule has 2 nitrogen and oxygen atoms in total. The quantitative estimate of drug-likeness (QED) is 0.438. The average molecular weight is 215 g/mol. The van der Waals surface area contributed by atoms with Gasteiger partial charge in [0.2, 0.25) is 0 Å². The second kappa shape index (κ2) is 5.55. The van der Waals surface area contributed by atoms with E-state index in [0.29, 0.717) is 11.5 Å². The fourth-order valence-electron chi connectivity index (χ4n) is 1.40. The summed E-state index contributed by atoms with van der Waals surface area (Å²) in [4.78, 5) is 10.7. The zero-order valence-electron chi connectivity index (χ0n) is 7.63. The lowest BCUT2D eigenvalue weighted by molar-refractivity contribution is 0.563. The van der Waals surface area contributed by atoms with E-state index in [9.17, 15) is 4.79 Å². The SMILES string of the molecule is CCSC(=S)C(=C=O)C1CCNC1. The van der Waals surface area contributed by atoms with E-state index in [-0.39, 0.29) is 0 Å². The summed E-state index contributed by atoms with van der Waals surface area (Å²) in [6, 6.07) is 0. The molecule has 0 amide bonds. The lowest BCUT2D eigenvalue weighted by Crippen LogP contribution is -2.14. The van der Waals surface area contributed by atoms with Crippen molar-refractivity contribution in [2.45, 2.75) is 13.3 Å². The highest BCUT2D eigenvalue weighted by Crippen LogP contribution is 2.22. The van der Waals surface area contributed by atoms with E-state index in [4.69, 9.17) is 12.2 Å². The molecule has 0 aromatic rings. The first-order valence-corrected chi connectivity index (χ1v) is 5.81. The van der Waals surface area contributed by atoms with Crippen LogP contribution in [0.2, 0.25) is 0 Å². The lowest BCUT2D eigenvalue weighted by atomic mass is 10.0. The van der Waals surface area contributed by atoms with Crippen LogP contribution in [0.1, 0.15) is 13.3 Å². The third kappa shape index (κ3) is 2.92. The van der Waals surface area contributed by atoms with E-state index >= 15 is 0 Å². The Morgan fingerprint density at radius 1 is 1.77 bits per heavy atom. The van der Waals surface area contributed by atoms with Crippen LogP contribution >= 0.6 is 24.0 Å². The first-order chi connectivity index (χ1) is 6.29. The number of hydrogen-bond acceptors (Lipinski definition) is 4. The van der Waals surface area contributed by atoms with Crippen LogP contribution in [-0.2, 0) is 4.79 Å². The molecule has 0 radical (unpaired) electrons. The summed E-state index contributed by atoms with van der Waals surface area (Å²) in [6.45, 7) is 3.89. The van der Waals surface area contributed by atoms with Crippen molar-refractivity contribution in [1.82, 2.24) is 5.32 Å². The molecule has 1 saturated heterocycles. The Balaban J connectivity index is 2.62. The molecule has 1 heterocycles. The highest BCUT2D eigenvalue weighted by atomic mass is 32.2. The Morgan fingerprint density at radius 3 is 3.00 bits per heavy atom. The van der Waals surface area contributed by atoms with E-state index in [1.165, 1.54) is 0 Å². The van der Waals surface area contributed by atoms with Crippen LogP contribution in [0.25, 0.3) is 0 Å². The van der Waals surface area contributed by atoms with Crippen molar-refractivity contribution < 1.29 is 4.79 Å². The molecule has 0 bridgehead atoms. The van der Waals surface area contributed by atoms with Gasteiger partial charge in [0, 0.05) is 12.5 Å². The smallest absolute Gasteiger partial charge is 0.130 e. The van der Waals surface area contributed by atoms with Crippen molar-refractivity contribution in [3.05, 3.63) is 5.57 Å². The zero-order valence-corrected chi connectivity index (χ0v) is 9.26. The maximum absolute atomic E-state index is 10.7. The second-order valence-corrected chi connectivity index (χ2v) is 4.87. The van der Waals surface area contributed by atoms with E-state index in [1.54, 1.807) is 11.8 Å². The Kier molecular flexibility index (Phi) is 4.67. The molecule has 72 valence electrons. The van der Waals surface area contributed by atoms with Crippen molar-refractivity contribution in [3.8, 4) is 0 Å². The summed E-state index contributed by atoms with van der Waals surface area (Å²) in [7, 11) is 0. The van der Waals surface area contributed by atoms with E-state index in [1.807, 2.05) is 12.9 Å². The van der Waals surface area contributed by atoms with E-state index in [0.717, 1.165) is 29.5 Å². The summed E-state index contributed by atoms with van der Waals surface area (Å²) < 4.78 is 0.728. The summed E-state index contributed by atoms with van der Waals surface area (Å²) in [5.41, 5.74) is 0.701. The number of carbonyl (C=O) groups excluding carboxylic acids is 1. The van der Waals surface area contributed by atoms with Gasteiger partial charge in [0.15, 0.2) is 0 Å². The minimum absolute atomic E-state index is 0.295. The Bertz CT molecular complexity index is 240. The normalized spacial score (nSPS) is 21.2. The largest absolute Gasteiger partial charge is 0.316 e. The number of thioether (sulfide) groups is 1. The lowest BCUT2D eigenvalue weighted by Gasteiger charge is -2.09. The molecule has 1 fully saturated rings. The second-order valence-electron chi connectivity index (χ2n) is 2.93. The van der Waals surface area contributed by atoms with Gasteiger partial charge < -0.3 is 5.32 Å². The highest BCUT2D eigenvalue weighted by molar-refractivity contribution is 8.23.